The van der Waals surface area contributed by atoms with Gasteiger partial charge < -0.3 is 5.73 Å². The topological polar surface area (TPSA) is 26.0 Å². The molecule has 2 N–H and O–H groups in total. The minimum absolute atomic E-state index is 0.122. The second-order valence-corrected chi connectivity index (χ2v) is 5.12. The van der Waals surface area contributed by atoms with Crippen molar-refractivity contribution < 1.29 is 0 Å². The van der Waals surface area contributed by atoms with Gasteiger partial charge in [0.25, 0.3) is 0 Å². The van der Waals surface area contributed by atoms with Crippen molar-refractivity contribution in [1.82, 2.24) is 0 Å². The van der Waals surface area contributed by atoms with Gasteiger partial charge >= 0.3 is 0 Å². The van der Waals surface area contributed by atoms with Gasteiger partial charge in [-0.1, -0.05) is 43.1 Å². The van der Waals surface area contributed by atoms with E-state index in [4.69, 9.17) is 28.9 Å². The van der Waals surface area contributed by atoms with Crippen LogP contribution in [0.1, 0.15) is 25.8 Å². The Kier molecular flexibility index (Phi) is 4.45. The molecule has 1 rings (SSSR count). The van der Waals surface area contributed by atoms with E-state index in [-0.39, 0.29) is 5.41 Å². The molecule has 3 heteroatoms. The molecule has 0 aliphatic carbocycles. The summed E-state index contributed by atoms with van der Waals surface area (Å²) in [6.45, 7) is 5.00. The van der Waals surface area contributed by atoms with Crippen molar-refractivity contribution in [1.29, 1.82) is 0 Å². The first-order chi connectivity index (χ1) is 7.00. The molecule has 0 saturated carbocycles. The predicted molar refractivity (Wildman–Crippen MR) is 67.6 cm³/mol. The summed E-state index contributed by atoms with van der Waals surface area (Å²) < 4.78 is 0. The lowest BCUT2D eigenvalue weighted by atomic mass is 9.81. The lowest BCUT2D eigenvalue weighted by molar-refractivity contribution is 0.320. The molecule has 1 atom stereocenters. The highest BCUT2D eigenvalue weighted by atomic mass is 35.5. The Morgan fingerprint density at radius 3 is 2.47 bits per heavy atom. The van der Waals surface area contributed by atoms with Gasteiger partial charge in [0.2, 0.25) is 0 Å². The van der Waals surface area contributed by atoms with Gasteiger partial charge in [0, 0.05) is 10.0 Å². The molecule has 84 valence electrons. The highest BCUT2D eigenvalue weighted by molar-refractivity contribution is 6.35. The van der Waals surface area contributed by atoms with E-state index in [1.165, 1.54) is 0 Å². The van der Waals surface area contributed by atoms with Crippen LogP contribution < -0.4 is 5.73 Å². The average molecular weight is 246 g/mol. The monoisotopic (exact) mass is 245 g/mol. The van der Waals surface area contributed by atoms with E-state index in [2.05, 4.69) is 13.8 Å². The fourth-order valence-corrected chi connectivity index (χ4v) is 1.94. The van der Waals surface area contributed by atoms with Gasteiger partial charge in [-0.2, -0.15) is 0 Å². The van der Waals surface area contributed by atoms with Crippen molar-refractivity contribution in [3.8, 4) is 0 Å². The zero-order valence-corrected chi connectivity index (χ0v) is 10.7. The molecule has 0 fully saturated rings. The van der Waals surface area contributed by atoms with Crippen molar-refractivity contribution in [3.63, 3.8) is 0 Å². The Morgan fingerprint density at radius 2 is 2.00 bits per heavy atom. The number of rotatable bonds is 4. The number of halogens is 2. The molecule has 0 spiro atoms. The molecular weight excluding hydrogens is 229 g/mol. The van der Waals surface area contributed by atoms with E-state index in [9.17, 15) is 0 Å². The van der Waals surface area contributed by atoms with Crippen LogP contribution in [-0.2, 0) is 6.42 Å². The maximum atomic E-state index is 6.12. The Balaban J connectivity index is 2.89. The van der Waals surface area contributed by atoms with Crippen LogP contribution in [0, 0.1) is 5.41 Å². The van der Waals surface area contributed by atoms with E-state index < -0.39 is 0 Å². The predicted octanol–water partition coefficient (Wildman–Crippen LogP) is 3.91. The van der Waals surface area contributed by atoms with Crippen LogP contribution in [0.2, 0.25) is 10.0 Å². The van der Waals surface area contributed by atoms with Gasteiger partial charge in [-0.3, -0.25) is 0 Å². The SMILES string of the molecule is CCC(C)(CN)Cc1ccc(Cl)cc1Cl. The summed E-state index contributed by atoms with van der Waals surface area (Å²) in [6.07, 6.45) is 1.94. The van der Waals surface area contributed by atoms with Crippen LogP contribution in [-0.4, -0.2) is 6.54 Å². The van der Waals surface area contributed by atoms with Gasteiger partial charge in [-0.05, 0) is 42.5 Å². The standard InChI is InChI=1S/C12H17Cl2N/c1-3-12(2,8-15)7-9-4-5-10(13)6-11(9)14/h4-6H,3,7-8,15H2,1-2H3. The smallest absolute Gasteiger partial charge is 0.0453 e. The minimum Gasteiger partial charge on any atom is -0.330 e. The Labute approximate surface area is 102 Å². The first kappa shape index (κ1) is 12.8. The molecule has 0 aromatic heterocycles. The molecule has 0 bridgehead atoms. The minimum atomic E-state index is 0.122. The van der Waals surface area contributed by atoms with E-state index >= 15 is 0 Å². The molecule has 1 unspecified atom stereocenters. The van der Waals surface area contributed by atoms with Crippen molar-refractivity contribution in [3.05, 3.63) is 33.8 Å². The lowest BCUT2D eigenvalue weighted by Crippen LogP contribution is -2.28. The van der Waals surface area contributed by atoms with Crippen molar-refractivity contribution in [2.45, 2.75) is 26.7 Å². The Hall–Kier alpha value is -0.240. The van der Waals surface area contributed by atoms with E-state index in [1.54, 1.807) is 6.07 Å². The largest absolute Gasteiger partial charge is 0.330 e. The number of hydrogen-bond donors (Lipinski definition) is 1. The number of nitrogens with two attached hydrogens (primary N) is 1. The quantitative estimate of drug-likeness (QED) is 0.856. The van der Waals surface area contributed by atoms with Crippen LogP contribution in [0.3, 0.4) is 0 Å². The summed E-state index contributed by atoms with van der Waals surface area (Å²) in [5, 5.41) is 1.41. The van der Waals surface area contributed by atoms with E-state index in [1.807, 2.05) is 12.1 Å². The van der Waals surface area contributed by atoms with Gasteiger partial charge in [0.1, 0.15) is 0 Å². The number of hydrogen-bond acceptors (Lipinski definition) is 1. The third-order valence-corrected chi connectivity index (χ3v) is 3.57. The molecule has 0 radical (unpaired) electrons. The highest BCUT2D eigenvalue weighted by Crippen LogP contribution is 2.30. The van der Waals surface area contributed by atoms with Crippen LogP contribution >= 0.6 is 23.2 Å². The third kappa shape index (κ3) is 3.37. The lowest BCUT2D eigenvalue weighted by Gasteiger charge is -2.26. The first-order valence-electron chi connectivity index (χ1n) is 5.15. The molecule has 0 aliphatic heterocycles. The fourth-order valence-electron chi connectivity index (χ4n) is 1.47. The Morgan fingerprint density at radius 1 is 1.33 bits per heavy atom. The zero-order valence-electron chi connectivity index (χ0n) is 9.19. The summed E-state index contributed by atoms with van der Waals surface area (Å²) >= 11 is 12.0. The molecule has 15 heavy (non-hydrogen) atoms. The number of benzene rings is 1. The second-order valence-electron chi connectivity index (χ2n) is 4.28. The molecular formula is C12H17Cl2N. The van der Waals surface area contributed by atoms with Gasteiger partial charge in [0.05, 0.1) is 0 Å². The third-order valence-electron chi connectivity index (χ3n) is 2.98. The molecule has 1 aromatic rings. The summed E-state index contributed by atoms with van der Waals surface area (Å²) in [6, 6.07) is 5.63. The van der Waals surface area contributed by atoms with Crippen LogP contribution in [0.15, 0.2) is 18.2 Å². The van der Waals surface area contributed by atoms with Gasteiger partial charge in [0.15, 0.2) is 0 Å². The zero-order chi connectivity index (χ0) is 11.5. The maximum Gasteiger partial charge on any atom is 0.0453 e. The molecule has 0 amide bonds. The summed E-state index contributed by atoms with van der Waals surface area (Å²) in [7, 11) is 0. The highest BCUT2D eigenvalue weighted by Gasteiger charge is 2.21. The fraction of sp³-hybridized carbons (Fsp3) is 0.500. The molecule has 0 aliphatic rings. The molecule has 1 aromatic carbocycles. The van der Waals surface area contributed by atoms with E-state index in [0.29, 0.717) is 11.6 Å². The molecule has 1 nitrogen and oxygen atoms in total. The summed E-state index contributed by atoms with van der Waals surface area (Å²) in [5.74, 6) is 0. The van der Waals surface area contributed by atoms with Gasteiger partial charge in [-0.25, -0.2) is 0 Å². The first-order valence-corrected chi connectivity index (χ1v) is 5.90. The van der Waals surface area contributed by atoms with Crippen molar-refractivity contribution in [2.75, 3.05) is 6.54 Å². The summed E-state index contributed by atoms with van der Waals surface area (Å²) in [4.78, 5) is 0. The van der Waals surface area contributed by atoms with Crippen molar-refractivity contribution in [2.24, 2.45) is 11.1 Å². The average Bonchev–Trinajstić information content (AvgIpc) is 2.22. The molecule has 0 heterocycles. The Bertz CT molecular complexity index is 332. The van der Waals surface area contributed by atoms with Crippen molar-refractivity contribution >= 4 is 23.2 Å². The molecule has 0 saturated heterocycles. The van der Waals surface area contributed by atoms with E-state index in [0.717, 1.165) is 23.4 Å². The van der Waals surface area contributed by atoms with Crippen LogP contribution in [0.25, 0.3) is 0 Å². The maximum absolute atomic E-state index is 6.12. The second kappa shape index (κ2) is 5.20. The van der Waals surface area contributed by atoms with Crippen LogP contribution in [0.4, 0.5) is 0 Å². The normalized spacial score (nSPS) is 15.0. The van der Waals surface area contributed by atoms with Crippen LogP contribution in [0.5, 0.6) is 0 Å². The van der Waals surface area contributed by atoms with Gasteiger partial charge in [-0.15, -0.1) is 0 Å². The summed E-state index contributed by atoms with van der Waals surface area (Å²) in [5.41, 5.74) is 7.02.